The Labute approximate surface area is 88.2 Å². The van der Waals surface area contributed by atoms with Crippen LogP contribution in [0.5, 0.6) is 0 Å². The zero-order valence-electron chi connectivity index (χ0n) is 8.21. The third-order valence-corrected chi connectivity index (χ3v) is 2.22. The van der Waals surface area contributed by atoms with Gasteiger partial charge in [-0.3, -0.25) is 4.68 Å². The molecule has 8 heteroatoms. The number of rotatable bonds is 1. The number of hydrogen-bond donors (Lipinski definition) is 1. The van der Waals surface area contributed by atoms with Crippen LogP contribution in [-0.2, 0) is 18.0 Å². The average Bonchev–Trinajstić information content (AvgIpc) is 2.70. The van der Waals surface area contributed by atoms with E-state index in [-0.39, 0.29) is 12.2 Å². The molecule has 1 saturated heterocycles. The van der Waals surface area contributed by atoms with Gasteiger partial charge in [-0.05, 0) is 6.07 Å². The predicted octanol–water partition coefficient (Wildman–Crippen LogP) is 1.22. The summed E-state index contributed by atoms with van der Waals surface area (Å²) in [7, 11) is 1.37. The molecule has 0 aliphatic carbocycles. The molecule has 1 atom stereocenters. The fourth-order valence-electron chi connectivity index (χ4n) is 1.48. The topological polar surface area (TPSA) is 56.2 Å². The van der Waals surface area contributed by atoms with Crippen LogP contribution in [0.15, 0.2) is 6.07 Å². The number of amides is 1. The van der Waals surface area contributed by atoms with Gasteiger partial charge in [0.1, 0.15) is 0 Å². The van der Waals surface area contributed by atoms with Crippen LogP contribution < -0.4 is 5.32 Å². The van der Waals surface area contributed by atoms with Crippen LogP contribution in [0.4, 0.5) is 18.0 Å². The molecule has 1 aromatic heterocycles. The van der Waals surface area contributed by atoms with Crippen LogP contribution >= 0.6 is 0 Å². The molecular weight excluding hydrogens is 227 g/mol. The van der Waals surface area contributed by atoms with E-state index in [0.29, 0.717) is 0 Å². The van der Waals surface area contributed by atoms with E-state index in [0.717, 1.165) is 10.7 Å². The van der Waals surface area contributed by atoms with Crippen LogP contribution in [0.2, 0.25) is 0 Å². The molecule has 1 aliphatic rings. The van der Waals surface area contributed by atoms with Crippen molar-refractivity contribution in [2.24, 2.45) is 7.05 Å². The van der Waals surface area contributed by atoms with Gasteiger partial charge in [0.05, 0.1) is 12.2 Å². The Morgan fingerprint density at radius 3 is 2.75 bits per heavy atom. The Hall–Kier alpha value is -1.73. The zero-order valence-corrected chi connectivity index (χ0v) is 8.21. The first-order chi connectivity index (χ1) is 7.38. The number of hydrogen-bond acceptors (Lipinski definition) is 3. The Bertz CT molecular complexity index is 427. The van der Waals surface area contributed by atoms with E-state index in [4.69, 9.17) is 4.74 Å². The number of cyclic esters (lactones) is 1. The second-order valence-electron chi connectivity index (χ2n) is 3.35. The Morgan fingerprint density at radius 2 is 2.31 bits per heavy atom. The number of halogens is 3. The second-order valence-corrected chi connectivity index (χ2v) is 3.35. The van der Waals surface area contributed by atoms with Gasteiger partial charge in [-0.1, -0.05) is 0 Å². The maximum absolute atomic E-state index is 12.3. The normalized spacial score (nSPS) is 20.8. The lowest BCUT2D eigenvalue weighted by molar-refractivity contribution is -0.141. The van der Waals surface area contributed by atoms with Gasteiger partial charge in [0, 0.05) is 7.05 Å². The summed E-state index contributed by atoms with van der Waals surface area (Å²) < 4.78 is 42.9. The molecule has 0 unspecified atom stereocenters. The van der Waals surface area contributed by atoms with Gasteiger partial charge in [-0.25, -0.2) is 4.79 Å². The molecule has 0 aromatic carbocycles. The zero-order chi connectivity index (χ0) is 11.9. The molecule has 2 rings (SSSR count). The highest BCUT2D eigenvalue weighted by Gasteiger charge is 2.37. The fraction of sp³-hybridized carbons (Fsp3) is 0.500. The van der Waals surface area contributed by atoms with Crippen molar-refractivity contribution >= 4 is 6.09 Å². The van der Waals surface area contributed by atoms with E-state index in [1.54, 1.807) is 0 Å². The number of nitrogens with one attached hydrogen (secondary N) is 1. The average molecular weight is 235 g/mol. The Balaban J connectivity index is 2.29. The molecule has 88 valence electrons. The number of carbonyl (C=O) groups is 1. The van der Waals surface area contributed by atoms with Crippen molar-refractivity contribution in [3.8, 4) is 0 Å². The number of aromatic nitrogens is 2. The van der Waals surface area contributed by atoms with Crippen molar-refractivity contribution in [1.82, 2.24) is 15.1 Å². The van der Waals surface area contributed by atoms with Crippen molar-refractivity contribution in [2.75, 3.05) is 6.54 Å². The minimum atomic E-state index is -4.49. The SMILES string of the molecule is Cn1nc(C(F)(F)F)cc1[C@H]1CNC(=O)O1. The lowest BCUT2D eigenvalue weighted by Crippen LogP contribution is -2.13. The van der Waals surface area contributed by atoms with Gasteiger partial charge in [-0.2, -0.15) is 18.3 Å². The van der Waals surface area contributed by atoms with E-state index in [9.17, 15) is 18.0 Å². The first-order valence-corrected chi connectivity index (χ1v) is 4.43. The number of carbonyl (C=O) groups excluding carboxylic acids is 1. The van der Waals surface area contributed by atoms with Crippen LogP contribution in [0.1, 0.15) is 17.5 Å². The molecule has 1 amide bonds. The monoisotopic (exact) mass is 235 g/mol. The maximum atomic E-state index is 12.3. The summed E-state index contributed by atoms with van der Waals surface area (Å²) in [5, 5.41) is 5.68. The van der Waals surface area contributed by atoms with E-state index in [2.05, 4.69) is 10.4 Å². The number of alkyl halides is 3. The van der Waals surface area contributed by atoms with Gasteiger partial charge in [0.15, 0.2) is 11.8 Å². The first-order valence-electron chi connectivity index (χ1n) is 4.43. The quantitative estimate of drug-likeness (QED) is 0.796. The number of ether oxygens (including phenoxy) is 1. The molecule has 1 fully saturated rings. The van der Waals surface area contributed by atoms with Gasteiger partial charge >= 0.3 is 12.3 Å². The lowest BCUT2D eigenvalue weighted by atomic mass is 10.2. The third-order valence-electron chi connectivity index (χ3n) is 2.22. The molecule has 5 nitrogen and oxygen atoms in total. The van der Waals surface area contributed by atoms with Crippen molar-refractivity contribution < 1.29 is 22.7 Å². The molecule has 1 N–H and O–H groups in total. The van der Waals surface area contributed by atoms with E-state index in [1.165, 1.54) is 7.05 Å². The summed E-state index contributed by atoms with van der Waals surface area (Å²) in [5.41, 5.74) is -0.779. The summed E-state index contributed by atoms with van der Waals surface area (Å²) in [6.07, 6.45) is -5.85. The predicted molar refractivity (Wildman–Crippen MR) is 45.4 cm³/mol. The molecule has 0 spiro atoms. The van der Waals surface area contributed by atoms with Gasteiger partial charge in [-0.15, -0.1) is 0 Å². The number of alkyl carbamates (subject to hydrolysis) is 1. The summed E-state index contributed by atoms with van der Waals surface area (Å²) in [6.45, 7) is 0.148. The molecule has 0 bridgehead atoms. The fourth-order valence-corrected chi connectivity index (χ4v) is 1.48. The van der Waals surface area contributed by atoms with Gasteiger partial charge in [0.2, 0.25) is 0 Å². The molecular formula is C8H8F3N3O2. The Kier molecular flexibility index (Phi) is 2.28. The minimum Gasteiger partial charge on any atom is -0.438 e. The number of nitrogens with zero attached hydrogens (tertiary/aromatic N) is 2. The lowest BCUT2D eigenvalue weighted by Gasteiger charge is -2.06. The summed E-state index contributed by atoms with van der Waals surface area (Å²) in [6, 6.07) is 0.880. The molecule has 1 aliphatic heterocycles. The van der Waals surface area contributed by atoms with Gasteiger partial charge < -0.3 is 10.1 Å². The minimum absolute atomic E-state index is 0.148. The molecule has 16 heavy (non-hydrogen) atoms. The summed E-state index contributed by atoms with van der Waals surface area (Å²) in [5.74, 6) is 0. The van der Waals surface area contributed by atoms with Crippen LogP contribution in [-0.4, -0.2) is 22.4 Å². The molecule has 0 radical (unpaired) electrons. The maximum Gasteiger partial charge on any atom is 0.435 e. The Morgan fingerprint density at radius 1 is 1.62 bits per heavy atom. The number of aryl methyl sites for hydroxylation is 1. The van der Waals surface area contributed by atoms with E-state index >= 15 is 0 Å². The highest BCUT2D eigenvalue weighted by atomic mass is 19.4. The van der Waals surface area contributed by atoms with Crippen LogP contribution in [0, 0.1) is 0 Å². The van der Waals surface area contributed by atoms with Crippen LogP contribution in [0.25, 0.3) is 0 Å². The highest BCUT2D eigenvalue weighted by molar-refractivity contribution is 5.69. The second kappa shape index (κ2) is 3.39. The van der Waals surface area contributed by atoms with E-state index in [1.807, 2.05) is 0 Å². The van der Waals surface area contributed by atoms with Crippen molar-refractivity contribution in [1.29, 1.82) is 0 Å². The molecule has 0 saturated carbocycles. The summed E-state index contributed by atoms with van der Waals surface area (Å²) >= 11 is 0. The standard InChI is InChI=1S/C8H8F3N3O2/c1-14-4(5-3-12-7(15)16-5)2-6(13-14)8(9,10)11/h2,5H,3H2,1H3,(H,12,15)/t5-/m1/s1. The van der Waals surface area contributed by atoms with E-state index < -0.39 is 24.1 Å². The van der Waals surface area contributed by atoms with Crippen molar-refractivity contribution in [2.45, 2.75) is 12.3 Å². The largest absolute Gasteiger partial charge is 0.438 e. The van der Waals surface area contributed by atoms with Crippen molar-refractivity contribution in [3.63, 3.8) is 0 Å². The molecule has 2 heterocycles. The highest BCUT2D eigenvalue weighted by Crippen LogP contribution is 2.31. The smallest absolute Gasteiger partial charge is 0.435 e. The van der Waals surface area contributed by atoms with Crippen LogP contribution in [0.3, 0.4) is 0 Å². The molecule has 1 aromatic rings. The van der Waals surface area contributed by atoms with Gasteiger partial charge in [0.25, 0.3) is 0 Å². The third kappa shape index (κ3) is 1.82. The summed E-state index contributed by atoms with van der Waals surface area (Å²) in [4.78, 5) is 10.8. The van der Waals surface area contributed by atoms with Crippen molar-refractivity contribution in [3.05, 3.63) is 17.5 Å². The first kappa shape index (κ1) is 10.8.